The SMILES string of the molecule is CN(C)CCCN(C)C(=O)CS[C@@H]1CCCC[C@H]1Sc1ccccc1Cl. The van der Waals surface area contributed by atoms with Crippen LogP contribution in [0.3, 0.4) is 0 Å². The van der Waals surface area contributed by atoms with Crippen molar-refractivity contribution in [2.75, 3.05) is 40.0 Å². The number of rotatable bonds is 9. The van der Waals surface area contributed by atoms with Gasteiger partial charge in [0.05, 0.1) is 10.8 Å². The Hall–Kier alpha value is -0.360. The van der Waals surface area contributed by atoms with E-state index in [4.69, 9.17) is 11.6 Å². The molecule has 3 nitrogen and oxygen atoms in total. The zero-order chi connectivity index (χ0) is 18.9. The second kappa shape index (κ2) is 11.5. The Morgan fingerprint density at radius 3 is 2.50 bits per heavy atom. The summed E-state index contributed by atoms with van der Waals surface area (Å²) in [4.78, 5) is 17.7. The summed E-state index contributed by atoms with van der Waals surface area (Å²) in [5.74, 6) is 0.837. The van der Waals surface area contributed by atoms with E-state index in [1.165, 1.54) is 30.6 Å². The van der Waals surface area contributed by atoms with E-state index in [2.05, 4.69) is 25.1 Å². The summed E-state index contributed by atoms with van der Waals surface area (Å²) >= 11 is 10.1. The highest BCUT2D eigenvalue weighted by Crippen LogP contribution is 2.41. The van der Waals surface area contributed by atoms with Crippen LogP contribution >= 0.6 is 35.1 Å². The number of benzene rings is 1. The minimum absolute atomic E-state index is 0.251. The molecule has 1 aromatic rings. The van der Waals surface area contributed by atoms with Crippen LogP contribution in [0.4, 0.5) is 0 Å². The average Bonchev–Trinajstić information content (AvgIpc) is 2.62. The van der Waals surface area contributed by atoms with Crippen LogP contribution in [0.25, 0.3) is 0 Å². The Balaban J connectivity index is 1.82. The van der Waals surface area contributed by atoms with Gasteiger partial charge in [0, 0.05) is 29.0 Å². The lowest BCUT2D eigenvalue weighted by molar-refractivity contribution is -0.127. The van der Waals surface area contributed by atoms with E-state index in [0.717, 1.165) is 24.5 Å². The maximum atomic E-state index is 12.4. The van der Waals surface area contributed by atoms with Crippen LogP contribution in [0.15, 0.2) is 29.2 Å². The third-order valence-electron chi connectivity index (χ3n) is 4.70. The van der Waals surface area contributed by atoms with Gasteiger partial charge in [0.15, 0.2) is 0 Å². The van der Waals surface area contributed by atoms with Crippen molar-refractivity contribution in [2.24, 2.45) is 0 Å². The van der Waals surface area contributed by atoms with Crippen molar-refractivity contribution in [3.63, 3.8) is 0 Å². The molecule has 1 aromatic carbocycles. The number of carbonyl (C=O) groups excluding carboxylic acids is 1. The fourth-order valence-electron chi connectivity index (χ4n) is 3.13. The first-order valence-corrected chi connectivity index (χ1v) is 11.7. The molecule has 0 N–H and O–H groups in total. The van der Waals surface area contributed by atoms with Gasteiger partial charge in [0.25, 0.3) is 0 Å². The summed E-state index contributed by atoms with van der Waals surface area (Å²) in [5, 5.41) is 1.91. The van der Waals surface area contributed by atoms with Gasteiger partial charge in [-0.15, -0.1) is 23.5 Å². The predicted octanol–water partition coefficient (Wildman–Crippen LogP) is 4.89. The van der Waals surface area contributed by atoms with E-state index in [1.807, 2.05) is 53.7 Å². The summed E-state index contributed by atoms with van der Waals surface area (Å²) in [6, 6.07) is 8.09. The van der Waals surface area contributed by atoms with Gasteiger partial charge in [0.1, 0.15) is 0 Å². The van der Waals surface area contributed by atoms with Gasteiger partial charge < -0.3 is 9.80 Å². The molecule has 26 heavy (non-hydrogen) atoms. The van der Waals surface area contributed by atoms with Crippen LogP contribution in [0.5, 0.6) is 0 Å². The van der Waals surface area contributed by atoms with Crippen molar-refractivity contribution in [1.29, 1.82) is 0 Å². The highest BCUT2D eigenvalue weighted by Gasteiger charge is 2.28. The standard InChI is InChI=1S/C20H31ClN2OS2/c1-22(2)13-8-14-23(3)20(24)15-25-18-11-6-7-12-19(18)26-17-10-5-4-9-16(17)21/h4-5,9-10,18-19H,6-8,11-15H2,1-3H3/t18-,19-/m1/s1. The summed E-state index contributed by atoms with van der Waals surface area (Å²) in [5.41, 5.74) is 0. The van der Waals surface area contributed by atoms with E-state index in [-0.39, 0.29) is 5.91 Å². The molecule has 0 spiro atoms. The maximum absolute atomic E-state index is 12.4. The summed E-state index contributed by atoms with van der Waals surface area (Å²) in [6.07, 6.45) is 5.97. The second-order valence-corrected chi connectivity index (χ2v) is 10.1. The van der Waals surface area contributed by atoms with Gasteiger partial charge in [-0.3, -0.25) is 4.79 Å². The molecule has 0 bridgehead atoms. The zero-order valence-corrected chi connectivity index (χ0v) is 18.5. The van der Waals surface area contributed by atoms with Crippen LogP contribution in [0.2, 0.25) is 5.02 Å². The lowest BCUT2D eigenvalue weighted by atomic mass is 10.00. The first kappa shape index (κ1) is 21.9. The lowest BCUT2D eigenvalue weighted by Crippen LogP contribution is -2.33. The van der Waals surface area contributed by atoms with Crippen molar-refractivity contribution in [3.8, 4) is 0 Å². The van der Waals surface area contributed by atoms with E-state index in [1.54, 1.807) is 0 Å². The van der Waals surface area contributed by atoms with Crippen LogP contribution in [0.1, 0.15) is 32.1 Å². The molecule has 1 amide bonds. The minimum atomic E-state index is 0.251. The largest absolute Gasteiger partial charge is 0.345 e. The quantitative estimate of drug-likeness (QED) is 0.574. The first-order valence-electron chi connectivity index (χ1n) is 9.39. The van der Waals surface area contributed by atoms with Crippen molar-refractivity contribution >= 4 is 41.0 Å². The molecule has 1 fully saturated rings. The van der Waals surface area contributed by atoms with E-state index >= 15 is 0 Å². The maximum Gasteiger partial charge on any atom is 0.232 e. The molecule has 0 radical (unpaired) electrons. The number of hydrogen-bond acceptors (Lipinski definition) is 4. The van der Waals surface area contributed by atoms with E-state index in [9.17, 15) is 4.79 Å². The smallest absolute Gasteiger partial charge is 0.232 e. The molecular weight excluding hydrogens is 384 g/mol. The highest BCUT2D eigenvalue weighted by atomic mass is 35.5. The van der Waals surface area contributed by atoms with Crippen molar-refractivity contribution in [2.45, 2.75) is 47.5 Å². The Labute approximate surface area is 172 Å². The van der Waals surface area contributed by atoms with Gasteiger partial charge >= 0.3 is 0 Å². The average molecular weight is 415 g/mol. The molecule has 146 valence electrons. The number of thioether (sulfide) groups is 2. The number of amides is 1. The molecule has 6 heteroatoms. The fraction of sp³-hybridized carbons (Fsp3) is 0.650. The first-order chi connectivity index (χ1) is 12.5. The summed E-state index contributed by atoms with van der Waals surface area (Å²) in [6.45, 7) is 1.85. The Kier molecular flexibility index (Phi) is 9.68. The molecule has 0 heterocycles. The van der Waals surface area contributed by atoms with E-state index < -0.39 is 0 Å². The Bertz CT molecular complexity index is 570. The molecule has 0 aliphatic heterocycles. The van der Waals surface area contributed by atoms with Crippen LogP contribution in [-0.4, -0.2) is 66.2 Å². The predicted molar refractivity (Wildman–Crippen MR) is 117 cm³/mol. The van der Waals surface area contributed by atoms with Gasteiger partial charge in [-0.1, -0.05) is 36.6 Å². The molecule has 1 aliphatic rings. The second-order valence-electron chi connectivity index (χ2n) is 7.19. The molecule has 2 rings (SSSR count). The number of hydrogen-bond donors (Lipinski definition) is 0. The molecule has 0 aromatic heterocycles. The van der Waals surface area contributed by atoms with Crippen molar-refractivity contribution < 1.29 is 4.79 Å². The monoisotopic (exact) mass is 414 g/mol. The van der Waals surface area contributed by atoms with Gasteiger partial charge in [-0.05, 0) is 52.0 Å². The topological polar surface area (TPSA) is 23.6 Å². The molecule has 1 aliphatic carbocycles. The Morgan fingerprint density at radius 2 is 1.81 bits per heavy atom. The Morgan fingerprint density at radius 1 is 1.12 bits per heavy atom. The zero-order valence-electron chi connectivity index (χ0n) is 16.1. The number of halogens is 1. The molecule has 0 saturated heterocycles. The normalized spacial score (nSPS) is 20.3. The van der Waals surface area contributed by atoms with Gasteiger partial charge in [-0.2, -0.15) is 0 Å². The van der Waals surface area contributed by atoms with Crippen molar-refractivity contribution in [3.05, 3.63) is 29.3 Å². The molecular formula is C20H31ClN2OS2. The number of nitrogens with zero attached hydrogens (tertiary/aromatic N) is 2. The third-order valence-corrected chi connectivity index (χ3v) is 8.20. The highest BCUT2D eigenvalue weighted by molar-refractivity contribution is 8.04. The van der Waals surface area contributed by atoms with Gasteiger partial charge in [-0.25, -0.2) is 0 Å². The third kappa shape index (κ3) is 7.34. The fourth-order valence-corrected chi connectivity index (χ4v) is 6.30. The van der Waals surface area contributed by atoms with Gasteiger partial charge in [0.2, 0.25) is 5.91 Å². The van der Waals surface area contributed by atoms with Crippen LogP contribution in [-0.2, 0) is 4.79 Å². The summed E-state index contributed by atoms with van der Waals surface area (Å²) < 4.78 is 0. The van der Waals surface area contributed by atoms with Crippen LogP contribution in [0, 0.1) is 0 Å². The van der Waals surface area contributed by atoms with E-state index in [0.29, 0.717) is 16.3 Å². The lowest BCUT2D eigenvalue weighted by Gasteiger charge is -2.31. The van der Waals surface area contributed by atoms with Crippen LogP contribution < -0.4 is 0 Å². The molecule has 0 unspecified atom stereocenters. The van der Waals surface area contributed by atoms with Crippen molar-refractivity contribution in [1.82, 2.24) is 9.80 Å². The molecule has 1 saturated carbocycles. The minimum Gasteiger partial charge on any atom is -0.345 e. The summed E-state index contributed by atoms with van der Waals surface area (Å²) in [7, 11) is 6.06. The number of carbonyl (C=O) groups is 1. The molecule has 2 atom stereocenters.